The molecule has 2 rings (SSSR count). The minimum Gasteiger partial charge on any atom is -0.373 e. The smallest absolute Gasteiger partial charge is 0.312 e. The van der Waals surface area contributed by atoms with Crippen LogP contribution in [0.5, 0.6) is 0 Å². The van der Waals surface area contributed by atoms with Gasteiger partial charge in [-0.25, -0.2) is 4.98 Å². The zero-order valence-electron chi connectivity index (χ0n) is 10.7. The van der Waals surface area contributed by atoms with Crippen molar-refractivity contribution in [2.75, 3.05) is 24.3 Å². The number of pyridine rings is 1. The molecular weight excluding hydrogens is 244 g/mol. The van der Waals surface area contributed by atoms with E-state index in [2.05, 4.69) is 10.3 Å². The fourth-order valence-corrected chi connectivity index (χ4v) is 1.74. The molecule has 6 heteroatoms. The third kappa shape index (κ3) is 2.62. The van der Waals surface area contributed by atoms with Crippen molar-refractivity contribution < 1.29 is 4.92 Å². The van der Waals surface area contributed by atoms with Gasteiger partial charge in [0.15, 0.2) is 0 Å². The first-order valence-electron chi connectivity index (χ1n) is 5.75. The molecule has 0 radical (unpaired) electrons. The normalized spacial score (nSPS) is 10.0. The first kappa shape index (κ1) is 12.8. The first-order chi connectivity index (χ1) is 9.13. The van der Waals surface area contributed by atoms with Gasteiger partial charge < -0.3 is 10.2 Å². The van der Waals surface area contributed by atoms with E-state index < -0.39 is 4.92 Å². The van der Waals surface area contributed by atoms with Gasteiger partial charge in [-0.15, -0.1) is 0 Å². The van der Waals surface area contributed by atoms with E-state index >= 15 is 0 Å². The summed E-state index contributed by atoms with van der Waals surface area (Å²) in [5.41, 5.74) is 0.816. The zero-order valence-corrected chi connectivity index (χ0v) is 10.7. The Morgan fingerprint density at radius 3 is 2.47 bits per heavy atom. The lowest BCUT2D eigenvalue weighted by molar-refractivity contribution is -0.384. The Morgan fingerprint density at radius 2 is 1.89 bits per heavy atom. The number of aromatic nitrogens is 1. The molecule has 1 N–H and O–H groups in total. The Balaban J connectivity index is 2.50. The maximum atomic E-state index is 11.1. The van der Waals surface area contributed by atoms with Crippen molar-refractivity contribution >= 4 is 23.0 Å². The van der Waals surface area contributed by atoms with Crippen molar-refractivity contribution in [2.45, 2.75) is 0 Å². The summed E-state index contributed by atoms with van der Waals surface area (Å²) in [7, 11) is 3.48. The van der Waals surface area contributed by atoms with Gasteiger partial charge in [0.25, 0.3) is 0 Å². The van der Waals surface area contributed by atoms with Crippen LogP contribution >= 0.6 is 0 Å². The molecule has 1 aromatic heterocycles. The van der Waals surface area contributed by atoms with Gasteiger partial charge in [0.1, 0.15) is 5.82 Å². The lowest BCUT2D eigenvalue weighted by Gasteiger charge is -2.18. The van der Waals surface area contributed by atoms with Gasteiger partial charge in [-0.2, -0.15) is 0 Å². The molecule has 2 aromatic rings. The third-order valence-corrected chi connectivity index (χ3v) is 2.77. The molecule has 0 saturated heterocycles. The molecule has 0 aliphatic rings. The van der Waals surface area contributed by atoms with Crippen molar-refractivity contribution in [3.63, 3.8) is 0 Å². The number of benzene rings is 1. The average molecular weight is 258 g/mol. The van der Waals surface area contributed by atoms with Crippen LogP contribution in [-0.2, 0) is 0 Å². The monoisotopic (exact) mass is 258 g/mol. The van der Waals surface area contributed by atoms with Crippen LogP contribution in [0.15, 0.2) is 42.5 Å². The minimum absolute atomic E-state index is 0.0228. The number of hydrogen-bond acceptors (Lipinski definition) is 5. The van der Waals surface area contributed by atoms with Crippen LogP contribution in [0, 0.1) is 10.1 Å². The molecule has 0 spiro atoms. The highest BCUT2D eigenvalue weighted by Gasteiger charge is 2.20. The number of nitro groups is 1. The summed E-state index contributed by atoms with van der Waals surface area (Å²) in [5, 5.41) is 14.0. The van der Waals surface area contributed by atoms with E-state index in [0.29, 0.717) is 11.6 Å². The standard InChI is InChI=1S/C13H14N4O2/c1-14-12-9-8-11(17(18)19)13(15-12)16(2)10-6-4-3-5-7-10/h3-9H,1-2H3,(H,14,15). The van der Waals surface area contributed by atoms with Gasteiger partial charge >= 0.3 is 5.69 Å². The molecule has 0 aliphatic heterocycles. The van der Waals surface area contributed by atoms with Crippen LogP contribution < -0.4 is 10.2 Å². The Bertz CT molecular complexity index is 586. The maximum absolute atomic E-state index is 11.1. The van der Waals surface area contributed by atoms with E-state index in [4.69, 9.17) is 0 Å². The second-order valence-electron chi connectivity index (χ2n) is 3.94. The minimum atomic E-state index is -0.429. The van der Waals surface area contributed by atoms with E-state index in [1.165, 1.54) is 6.07 Å². The molecule has 19 heavy (non-hydrogen) atoms. The van der Waals surface area contributed by atoms with Crippen molar-refractivity contribution in [3.05, 3.63) is 52.6 Å². The number of anilines is 3. The van der Waals surface area contributed by atoms with Crippen molar-refractivity contribution in [3.8, 4) is 0 Å². The predicted octanol–water partition coefficient (Wildman–Crippen LogP) is 2.80. The highest BCUT2D eigenvalue weighted by Crippen LogP contribution is 2.31. The molecular formula is C13H14N4O2. The second-order valence-corrected chi connectivity index (χ2v) is 3.94. The Kier molecular flexibility index (Phi) is 3.61. The summed E-state index contributed by atoms with van der Waals surface area (Å²) in [6.07, 6.45) is 0. The Labute approximate surface area is 110 Å². The van der Waals surface area contributed by atoms with Gasteiger partial charge in [-0.3, -0.25) is 10.1 Å². The predicted molar refractivity (Wildman–Crippen MR) is 74.9 cm³/mol. The molecule has 0 amide bonds. The van der Waals surface area contributed by atoms with Crippen molar-refractivity contribution in [1.82, 2.24) is 4.98 Å². The molecule has 0 saturated carbocycles. The molecule has 0 unspecified atom stereocenters. The van der Waals surface area contributed by atoms with E-state index in [9.17, 15) is 10.1 Å². The summed E-state index contributed by atoms with van der Waals surface area (Å²) in [6, 6.07) is 12.4. The van der Waals surface area contributed by atoms with Gasteiger partial charge in [0.05, 0.1) is 4.92 Å². The zero-order chi connectivity index (χ0) is 13.8. The third-order valence-electron chi connectivity index (χ3n) is 2.77. The quantitative estimate of drug-likeness (QED) is 0.674. The maximum Gasteiger partial charge on any atom is 0.312 e. The van der Waals surface area contributed by atoms with Crippen LogP contribution in [0.2, 0.25) is 0 Å². The highest BCUT2D eigenvalue weighted by molar-refractivity contribution is 5.69. The molecule has 6 nitrogen and oxygen atoms in total. The summed E-state index contributed by atoms with van der Waals surface area (Å²) < 4.78 is 0. The van der Waals surface area contributed by atoms with E-state index in [1.807, 2.05) is 30.3 Å². The Morgan fingerprint density at radius 1 is 1.21 bits per heavy atom. The van der Waals surface area contributed by atoms with Crippen LogP contribution in [0.4, 0.5) is 23.0 Å². The van der Waals surface area contributed by atoms with E-state index in [1.54, 1.807) is 25.1 Å². The van der Waals surface area contributed by atoms with Crippen LogP contribution in [0.25, 0.3) is 0 Å². The van der Waals surface area contributed by atoms with Crippen LogP contribution in [-0.4, -0.2) is 24.0 Å². The Hall–Kier alpha value is -2.63. The number of para-hydroxylation sites is 1. The summed E-state index contributed by atoms with van der Waals surface area (Å²) in [5.74, 6) is 0.895. The summed E-state index contributed by atoms with van der Waals surface area (Å²) in [4.78, 5) is 16.6. The fraction of sp³-hybridized carbons (Fsp3) is 0.154. The molecule has 0 bridgehead atoms. The van der Waals surface area contributed by atoms with Gasteiger partial charge in [0.2, 0.25) is 5.82 Å². The SMILES string of the molecule is CNc1ccc([N+](=O)[O-])c(N(C)c2ccccc2)n1. The molecule has 0 atom stereocenters. The molecule has 0 fully saturated rings. The number of nitrogens with one attached hydrogen (secondary N) is 1. The lowest BCUT2D eigenvalue weighted by atomic mass is 10.3. The van der Waals surface area contributed by atoms with E-state index in [0.717, 1.165) is 5.69 Å². The first-order valence-corrected chi connectivity index (χ1v) is 5.75. The molecule has 1 aromatic carbocycles. The second kappa shape index (κ2) is 5.34. The molecule has 0 aliphatic carbocycles. The number of hydrogen-bond donors (Lipinski definition) is 1. The number of rotatable bonds is 4. The molecule has 98 valence electrons. The van der Waals surface area contributed by atoms with Crippen LogP contribution in [0.1, 0.15) is 0 Å². The summed E-state index contributed by atoms with van der Waals surface area (Å²) in [6.45, 7) is 0. The van der Waals surface area contributed by atoms with Gasteiger partial charge in [0, 0.05) is 25.8 Å². The highest BCUT2D eigenvalue weighted by atomic mass is 16.6. The summed E-state index contributed by atoms with van der Waals surface area (Å²) >= 11 is 0. The lowest BCUT2D eigenvalue weighted by Crippen LogP contribution is -2.14. The van der Waals surface area contributed by atoms with E-state index in [-0.39, 0.29) is 5.69 Å². The van der Waals surface area contributed by atoms with Crippen molar-refractivity contribution in [1.29, 1.82) is 0 Å². The largest absolute Gasteiger partial charge is 0.373 e. The molecule has 1 heterocycles. The number of nitrogens with zero attached hydrogens (tertiary/aromatic N) is 3. The van der Waals surface area contributed by atoms with Gasteiger partial charge in [-0.1, -0.05) is 18.2 Å². The van der Waals surface area contributed by atoms with Gasteiger partial charge in [-0.05, 0) is 18.2 Å². The van der Waals surface area contributed by atoms with Crippen LogP contribution in [0.3, 0.4) is 0 Å². The van der Waals surface area contributed by atoms with Crippen molar-refractivity contribution in [2.24, 2.45) is 0 Å². The topological polar surface area (TPSA) is 71.3 Å². The fourth-order valence-electron chi connectivity index (χ4n) is 1.74. The average Bonchev–Trinajstić information content (AvgIpc) is 2.46.